The van der Waals surface area contributed by atoms with E-state index in [9.17, 15) is 9.59 Å². The highest BCUT2D eigenvalue weighted by Gasteiger charge is 2.17. The van der Waals surface area contributed by atoms with Crippen molar-refractivity contribution in [2.45, 2.75) is 19.8 Å². The minimum Gasteiger partial charge on any atom is -0.493 e. The molecule has 1 N–H and O–H groups in total. The van der Waals surface area contributed by atoms with Gasteiger partial charge in [-0.2, -0.15) is 5.26 Å². The van der Waals surface area contributed by atoms with E-state index < -0.39 is 18.5 Å². The molecule has 0 saturated carbocycles. The van der Waals surface area contributed by atoms with Crippen molar-refractivity contribution in [3.05, 3.63) is 52.5 Å². The number of nitriles is 1. The van der Waals surface area contributed by atoms with E-state index in [1.165, 1.54) is 19.2 Å². The Balaban J connectivity index is 1.96. The number of rotatable bonds is 9. The van der Waals surface area contributed by atoms with Crippen LogP contribution in [0.4, 0.5) is 5.69 Å². The lowest BCUT2D eigenvalue weighted by Gasteiger charge is -2.13. The molecule has 0 saturated heterocycles. The fraction of sp³-hybridized carbons (Fsp3) is 0.286. The molecule has 0 aromatic heterocycles. The summed E-state index contributed by atoms with van der Waals surface area (Å²) in [7, 11) is 1.44. The third-order valence-electron chi connectivity index (χ3n) is 3.77. The lowest BCUT2D eigenvalue weighted by atomic mass is 10.1. The molecule has 0 radical (unpaired) electrons. The number of esters is 1. The van der Waals surface area contributed by atoms with E-state index in [1.54, 1.807) is 24.3 Å². The topological polar surface area (TPSA) is 97.6 Å². The molecule has 2 aromatic rings. The minimum absolute atomic E-state index is 0.143. The Hall–Kier alpha value is -3.24. The zero-order valence-corrected chi connectivity index (χ0v) is 16.9. The van der Waals surface area contributed by atoms with Crippen LogP contribution in [-0.2, 0) is 16.0 Å². The highest BCUT2D eigenvalue weighted by Crippen LogP contribution is 2.36. The number of carbonyl (C=O) groups is 2. The van der Waals surface area contributed by atoms with Gasteiger partial charge in [-0.3, -0.25) is 4.79 Å². The SMILES string of the molecule is CCCOc1c(Cl)cc(C(=O)OCC(=O)Nc2ccc(CC#N)cc2)cc1OC. The van der Waals surface area contributed by atoms with Crippen LogP contribution < -0.4 is 14.8 Å². The number of methoxy groups -OCH3 is 1. The number of nitrogens with zero attached hydrogens (tertiary/aromatic N) is 1. The maximum atomic E-state index is 12.3. The summed E-state index contributed by atoms with van der Waals surface area (Å²) in [4.78, 5) is 24.3. The van der Waals surface area contributed by atoms with E-state index in [4.69, 9.17) is 31.1 Å². The van der Waals surface area contributed by atoms with Gasteiger partial charge in [0.25, 0.3) is 5.91 Å². The van der Waals surface area contributed by atoms with Crippen LogP contribution in [0.3, 0.4) is 0 Å². The van der Waals surface area contributed by atoms with Crippen LogP contribution >= 0.6 is 11.6 Å². The average Bonchev–Trinajstić information content (AvgIpc) is 2.72. The van der Waals surface area contributed by atoms with Crippen LogP contribution in [0.25, 0.3) is 0 Å². The molecule has 0 fully saturated rings. The summed E-state index contributed by atoms with van der Waals surface area (Å²) in [5.74, 6) is -0.552. The first-order valence-corrected chi connectivity index (χ1v) is 9.29. The summed E-state index contributed by atoms with van der Waals surface area (Å²) in [6, 6.07) is 11.7. The number of halogens is 1. The van der Waals surface area contributed by atoms with E-state index in [2.05, 4.69) is 5.32 Å². The van der Waals surface area contributed by atoms with Crippen LogP contribution in [0.1, 0.15) is 29.3 Å². The Labute approximate surface area is 174 Å². The number of hydrogen-bond acceptors (Lipinski definition) is 6. The minimum atomic E-state index is -0.716. The van der Waals surface area contributed by atoms with Crippen LogP contribution in [0.2, 0.25) is 5.02 Å². The molecule has 0 aliphatic heterocycles. The number of nitrogens with one attached hydrogen (secondary N) is 1. The molecule has 0 atom stereocenters. The van der Waals surface area contributed by atoms with Crippen molar-refractivity contribution in [3.8, 4) is 17.6 Å². The number of amides is 1. The Morgan fingerprint density at radius 1 is 1.21 bits per heavy atom. The molecule has 2 rings (SSSR count). The maximum absolute atomic E-state index is 12.3. The standard InChI is InChI=1S/C21H21ClN2O5/c1-3-10-28-20-17(22)11-15(12-18(20)27-2)21(26)29-13-19(25)24-16-6-4-14(5-7-16)8-9-23/h4-7,11-12H,3,8,10,13H2,1-2H3,(H,24,25). The number of hydrogen-bond donors (Lipinski definition) is 1. The smallest absolute Gasteiger partial charge is 0.338 e. The summed E-state index contributed by atoms with van der Waals surface area (Å²) >= 11 is 6.19. The number of benzene rings is 2. The van der Waals surface area contributed by atoms with Gasteiger partial charge in [0, 0.05) is 5.69 Å². The quantitative estimate of drug-likeness (QED) is 0.620. The predicted molar refractivity (Wildman–Crippen MR) is 108 cm³/mol. The summed E-state index contributed by atoms with van der Waals surface area (Å²) in [5.41, 5.74) is 1.52. The second-order valence-electron chi connectivity index (χ2n) is 5.99. The molecule has 0 aliphatic rings. The Bertz CT molecular complexity index is 907. The molecule has 7 nitrogen and oxygen atoms in total. The highest BCUT2D eigenvalue weighted by molar-refractivity contribution is 6.32. The second kappa shape index (κ2) is 10.9. The summed E-state index contributed by atoms with van der Waals surface area (Å²) < 4.78 is 15.8. The van der Waals surface area contributed by atoms with Gasteiger partial charge in [0.2, 0.25) is 0 Å². The largest absolute Gasteiger partial charge is 0.493 e. The number of ether oxygens (including phenoxy) is 3. The molecular formula is C21H21ClN2O5. The lowest BCUT2D eigenvalue weighted by Crippen LogP contribution is -2.21. The first-order chi connectivity index (χ1) is 14.0. The normalized spacial score (nSPS) is 10.0. The molecule has 2 aromatic carbocycles. The van der Waals surface area contributed by atoms with Gasteiger partial charge in [-0.05, 0) is 36.2 Å². The molecule has 0 bridgehead atoms. The Kier molecular flexibility index (Phi) is 8.31. The van der Waals surface area contributed by atoms with E-state index in [0.29, 0.717) is 30.2 Å². The van der Waals surface area contributed by atoms with E-state index in [0.717, 1.165) is 12.0 Å². The average molecular weight is 417 g/mol. The zero-order chi connectivity index (χ0) is 21.2. The van der Waals surface area contributed by atoms with Gasteiger partial charge in [-0.25, -0.2) is 4.79 Å². The lowest BCUT2D eigenvalue weighted by molar-refractivity contribution is -0.119. The van der Waals surface area contributed by atoms with Crippen LogP contribution in [0.5, 0.6) is 11.5 Å². The van der Waals surface area contributed by atoms with Crippen molar-refractivity contribution in [1.82, 2.24) is 0 Å². The molecule has 0 aliphatic carbocycles. The third kappa shape index (κ3) is 6.40. The molecule has 0 heterocycles. The summed E-state index contributed by atoms with van der Waals surface area (Å²) in [5, 5.41) is 11.5. The molecule has 29 heavy (non-hydrogen) atoms. The molecule has 0 spiro atoms. The molecule has 8 heteroatoms. The van der Waals surface area contributed by atoms with Gasteiger partial charge in [0.05, 0.1) is 36.8 Å². The van der Waals surface area contributed by atoms with E-state index >= 15 is 0 Å². The van der Waals surface area contributed by atoms with E-state index in [1.807, 2.05) is 13.0 Å². The predicted octanol–water partition coefficient (Wildman–Crippen LogP) is 4.00. The maximum Gasteiger partial charge on any atom is 0.338 e. The summed E-state index contributed by atoms with van der Waals surface area (Å²) in [6.07, 6.45) is 1.08. The monoisotopic (exact) mass is 416 g/mol. The van der Waals surface area contributed by atoms with Gasteiger partial charge >= 0.3 is 5.97 Å². The Morgan fingerprint density at radius 3 is 2.55 bits per heavy atom. The number of anilines is 1. The molecule has 0 unspecified atom stereocenters. The van der Waals surface area contributed by atoms with Crippen LogP contribution in [0.15, 0.2) is 36.4 Å². The van der Waals surface area contributed by atoms with Crippen molar-refractivity contribution >= 4 is 29.2 Å². The van der Waals surface area contributed by atoms with Crippen molar-refractivity contribution in [3.63, 3.8) is 0 Å². The van der Waals surface area contributed by atoms with Crippen molar-refractivity contribution in [2.75, 3.05) is 25.6 Å². The van der Waals surface area contributed by atoms with Gasteiger partial charge in [0.1, 0.15) is 0 Å². The first-order valence-electron chi connectivity index (χ1n) is 8.91. The fourth-order valence-electron chi connectivity index (χ4n) is 2.39. The van der Waals surface area contributed by atoms with Crippen molar-refractivity contribution in [2.24, 2.45) is 0 Å². The summed E-state index contributed by atoms with van der Waals surface area (Å²) in [6.45, 7) is 1.95. The molecule has 1 amide bonds. The zero-order valence-electron chi connectivity index (χ0n) is 16.2. The molecular weight excluding hydrogens is 396 g/mol. The van der Waals surface area contributed by atoms with Crippen LogP contribution in [-0.4, -0.2) is 32.2 Å². The van der Waals surface area contributed by atoms with Crippen LogP contribution in [0, 0.1) is 11.3 Å². The van der Waals surface area contributed by atoms with Crippen molar-refractivity contribution in [1.29, 1.82) is 5.26 Å². The van der Waals surface area contributed by atoms with Gasteiger partial charge in [-0.15, -0.1) is 0 Å². The van der Waals surface area contributed by atoms with E-state index in [-0.39, 0.29) is 10.6 Å². The number of carbonyl (C=O) groups excluding carboxylic acids is 2. The highest BCUT2D eigenvalue weighted by atomic mass is 35.5. The van der Waals surface area contributed by atoms with Gasteiger partial charge < -0.3 is 19.5 Å². The fourth-order valence-corrected chi connectivity index (χ4v) is 2.66. The van der Waals surface area contributed by atoms with Gasteiger partial charge in [0.15, 0.2) is 18.1 Å². The second-order valence-corrected chi connectivity index (χ2v) is 6.40. The van der Waals surface area contributed by atoms with Crippen molar-refractivity contribution < 1.29 is 23.8 Å². The molecule has 152 valence electrons. The third-order valence-corrected chi connectivity index (χ3v) is 4.05. The first kappa shape index (κ1) is 22.1. The van der Waals surface area contributed by atoms with Gasteiger partial charge in [-0.1, -0.05) is 30.7 Å². The Morgan fingerprint density at radius 2 is 1.93 bits per heavy atom.